The number of para-hydroxylation sites is 1. The second kappa shape index (κ2) is 12.2. The predicted molar refractivity (Wildman–Crippen MR) is 218 cm³/mol. The Balaban J connectivity index is 1.14. The number of thiophene rings is 1. The van der Waals surface area contributed by atoms with Gasteiger partial charge in [-0.05, 0) is 82.9 Å². The van der Waals surface area contributed by atoms with Gasteiger partial charge in [0.15, 0.2) is 0 Å². The molecule has 0 fully saturated rings. The number of aromatic nitrogens is 2. The molecule has 0 spiro atoms. The molecule has 0 aliphatic rings. The third-order valence-corrected chi connectivity index (χ3v) is 11.2. The molecule has 0 saturated heterocycles. The van der Waals surface area contributed by atoms with Gasteiger partial charge in [0.25, 0.3) is 0 Å². The summed E-state index contributed by atoms with van der Waals surface area (Å²) in [6.45, 7) is 0. The van der Waals surface area contributed by atoms with Crippen molar-refractivity contribution in [1.82, 2.24) is 9.55 Å². The highest BCUT2D eigenvalue weighted by Crippen LogP contribution is 2.42. The van der Waals surface area contributed by atoms with Crippen molar-refractivity contribution >= 4 is 53.3 Å². The SMILES string of the molecule is N#Cc1cccc(-c2cc(-c3ccccc3)cc(-c3cccc(-n4c5ccccc5c5cc(-c6cccc7c6sc6ccccc67)ccc54)c3)n2)c1. The first kappa shape index (κ1) is 30.1. The third kappa shape index (κ3) is 4.99. The molecule has 0 atom stereocenters. The van der Waals surface area contributed by atoms with Crippen LogP contribution in [0.3, 0.4) is 0 Å². The fourth-order valence-corrected chi connectivity index (χ4v) is 8.81. The maximum atomic E-state index is 9.62. The molecule has 0 N–H and O–H groups in total. The molecule has 242 valence electrons. The minimum Gasteiger partial charge on any atom is -0.309 e. The Hall–Kier alpha value is -6.80. The lowest BCUT2D eigenvalue weighted by molar-refractivity contribution is 1.18. The zero-order valence-electron chi connectivity index (χ0n) is 28.0. The summed E-state index contributed by atoms with van der Waals surface area (Å²) in [7, 11) is 0. The number of fused-ring (bicyclic) bond motifs is 6. The summed E-state index contributed by atoms with van der Waals surface area (Å²) < 4.78 is 5.01. The van der Waals surface area contributed by atoms with Crippen molar-refractivity contribution < 1.29 is 0 Å². The molecule has 0 aliphatic carbocycles. The molecule has 0 unspecified atom stereocenters. The van der Waals surface area contributed by atoms with Crippen molar-refractivity contribution in [2.24, 2.45) is 0 Å². The van der Waals surface area contributed by atoms with Gasteiger partial charge in [-0.25, -0.2) is 4.98 Å². The van der Waals surface area contributed by atoms with Gasteiger partial charge >= 0.3 is 0 Å². The van der Waals surface area contributed by atoms with E-state index in [0.29, 0.717) is 5.56 Å². The molecule has 0 saturated carbocycles. The van der Waals surface area contributed by atoms with Crippen LogP contribution >= 0.6 is 11.3 Å². The molecule has 3 aromatic heterocycles. The second-order valence-electron chi connectivity index (χ2n) is 13.1. The van der Waals surface area contributed by atoms with Crippen LogP contribution < -0.4 is 0 Å². The summed E-state index contributed by atoms with van der Waals surface area (Å²) in [6, 6.07) is 64.3. The number of rotatable bonds is 5. The Morgan fingerprint density at radius 3 is 1.98 bits per heavy atom. The van der Waals surface area contributed by atoms with E-state index in [9.17, 15) is 5.26 Å². The minimum atomic E-state index is 0.614. The zero-order valence-corrected chi connectivity index (χ0v) is 28.8. The van der Waals surface area contributed by atoms with Gasteiger partial charge in [0.05, 0.1) is 34.1 Å². The van der Waals surface area contributed by atoms with E-state index in [4.69, 9.17) is 4.98 Å². The van der Waals surface area contributed by atoms with Gasteiger partial charge < -0.3 is 4.57 Å². The molecular weight excluding hydrogens is 651 g/mol. The molecule has 0 amide bonds. The average molecular weight is 680 g/mol. The highest BCUT2D eigenvalue weighted by molar-refractivity contribution is 7.26. The average Bonchev–Trinajstić information content (AvgIpc) is 3.77. The summed E-state index contributed by atoms with van der Waals surface area (Å²) in [5, 5.41) is 14.7. The van der Waals surface area contributed by atoms with Crippen molar-refractivity contribution in [3.05, 3.63) is 181 Å². The van der Waals surface area contributed by atoms with E-state index in [-0.39, 0.29) is 0 Å². The van der Waals surface area contributed by atoms with E-state index in [1.165, 1.54) is 42.1 Å². The number of hydrogen-bond donors (Lipinski definition) is 0. The molecule has 4 heteroatoms. The summed E-state index contributed by atoms with van der Waals surface area (Å²) in [4.78, 5) is 5.19. The molecule has 0 aliphatic heterocycles. The van der Waals surface area contributed by atoms with Gasteiger partial charge in [0.2, 0.25) is 0 Å². The van der Waals surface area contributed by atoms with Crippen molar-refractivity contribution in [2.45, 2.75) is 0 Å². The number of benzene rings is 7. The normalized spacial score (nSPS) is 11.4. The van der Waals surface area contributed by atoms with Gasteiger partial charge in [-0.3, -0.25) is 0 Å². The van der Waals surface area contributed by atoms with Crippen LogP contribution in [-0.4, -0.2) is 9.55 Å². The lowest BCUT2D eigenvalue weighted by Crippen LogP contribution is -1.96. The molecule has 7 aromatic carbocycles. The fraction of sp³-hybridized carbons (Fsp3) is 0. The van der Waals surface area contributed by atoms with Crippen LogP contribution in [0.15, 0.2) is 176 Å². The van der Waals surface area contributed by atoms with Crippen LogP contribution in [0, 0.1) is 11.3 Å². The lowest BCUT2D eigenvalue weighted by atomic mass is 9.99. The Labute approximate surface area is 304 Å². The zero-order chi connectivity index (χ0) is 34.6. The minimum absolute atomic E-state index is 0.614. The van der Waals surface area contributed by atoms with E-state index >= 15 is 0 Å². The van der Waals surface area contributed by atoms with Gasteiger partial charge in [-0.15, -0.1) is 11.3 Å². The standard InChI is InChI=1S/C48H29N3S/c49-30-31-11-8-14-34(25-31)43-28-36(32-12-2-1-3-13-32)29-44(50-43)35-15-9-16-37(26-35)51-45-21-6-4-17-39(45)42-27-33(23-24-46(42)51)38-19-10-20-41-40-18-5-7-22-47(40)52-48(38)41/h1-29H. The lowest BCUT2D eigenvalue weighted by Gasteiger charge is -2.13. The molecule has 0 bridgehead atoms. The quantitative estimate of drug-likeness (QED) is 0.182. The first-order valence-corrected chi connectivity index (χ1v) is 18.2. The first-order chi connectivity index (χ1) is 25.7. The van der Waals surface area contributed by atoms with E-state index in [1.807, 2.05) is 41.7 Å². The van der Waals surface area contributed by atoms with E-state index < -0.39 is 0 Å². The second-order valence-corrected chi connectivity index (χ2v) is 14.2. The molecule has 10 aromatic rings. The molecule has 10 rings (SSSR count). The predicted octanol–water partition coefficient (Wildman–Crippen LogP) is 13.1. The van der Waals surface area contributed by atoms with E-state index in [1.54, 1.807) is 0 Å². The Morgan fingerprint density at radius 2 is 1.13 bits per heavy atom. The molecule has 0 radical (unpaired) electrons. The van der Waals surface area contributed by atoms with Crippen molar-refractivity contribution in [3.63, 3.8) is 0 Å². The van der Waals surface area contributed by atoms with E-state index in [2.05, 4.69) is 156 Å². The van der Waals surface area contributed by atoms with Crippen LogP contribution in [0.2, 0.25) is 0 Å². The van der Waals surface area contributed by atoms with Crippen LogP contribution in [-0.2, 0) is 0 Å². The van der Waals surface area contributed by atoms with Crippen molar-refractivity contribution in [1.29, 1.82) is 5.26 Å². The molecular formula is C48H29N3S. The van der Waals surface area contributed by atoms with Gasteiger partial charge in [0.1, 0.15) is 0 Å². The summed E-state index contributed by atoms with van der Waals surface area (Å²) in [5.74, 6) is 0. The number of nitrogens with zero attached hydrogens (tertiary/aromatic N) is 3. The maximum absolute atomic E-state index is 9.62. The summed E-state index contributed by atoms with van der Waals surface area (Å²) in [6.07, 6.45) is 0. The third-order valence-electron chi connectivity index (χ3n) is 10.0. The summed E-state index contributed by atoms with van der Waals surface area (Å²) >= 11 is 1.87. The van der Waals surface area contributed by atoms with E-state index in [0.717, 1.165) is 50.4 Å². The van der Waals surface area contributed by atoms with Gasteiger partial charge in [-0.2, -0.15) is 5.26 Å². The van der Waals surface area contributed by atoms with Crippen LogP contribution in [0.5, 0.6) is 0 Å². The van der Waals surface area contributed by atoms with Crippen molar-refractivity contribution in [2.75, 3.05) is 0 Å². The number of nitriles is 1. The number of pyridine rings is 1. The molecule has 3 nitrogen and oxygen atoms in total. The molecule has 52 heavy (non-hydrogen) atoms. The largest absolute Gasteiger partial charge is 0.309 e. The van der Waals surface area contributed by atoms with Gasteiger partial charge in [-0.1, -0.05) is 115 Å². The van der Waals surface area contributed by atoms with Crippen LogP contribution in [0.4, 0.5) is 0 Å². The van der Waals surface area contributed by atoms with Gasteiger partial charge in [0, 0.05) is 47.8 Å². The van der Waals surface area contributed by atoms with Crippen LogP contribution in [0.1, 0.15) is 5.56 Å². The Bertz CT molecular complexity index is 3030. The highest BCUT2D eigenvalue weighted by Gasteiger charge is 2.17. The number of hydrogen-bond acceptors (Lipinski definition) is 3. The maximum Gasteiger partial charge on any atom is 0.0991 e. The Morgan fingerprint density at radius 1 is 0.462 bits per heavy atom. The van der Waals surface area contributed by atoms with Crippen molar-refractivity contribution in [3.8, 4) is 56.5 Å². The Kier molecular flexibility index (Phi) is 7.06. The fourth-order valence-electron chi connectivity index (χ4n) is 7.57. The smallest absolute Gasteiger partial charge is 0.0991 e. The highest BCUT2D eigenvalue weighted by atomic mass is 32.1. The topological polar surface area (TPSA) is 41.6 Å². The van der Waals surface area contributed by atoms with Crippen LogP contribution in [0.25, 0.3) is 92.4 Å². The first-order valence-electron chi connectivity index (χ1n) is 17.3. The summed E-state index contributed by atoms with van der Waals surface area (Å²) in [5.41, 5.74) is 12.3. The molecule has 3 heterocycles. The monoisotopic (exact) mass is 679 g/mol.